The number of carbonyl (C=O) groups excluding carboxylic acids is 1. The van der Waals surface area contributed by atoms with Crippen LogP contribution in [0, 0.1) is 0 Å². The van der Waals surface area contributed by atoms with Gasteiger partial charge in [-0.2, -0.15) is 5.10 Å². The average molecular weight is 626 g/mol. The number of nitrogens with one attached hydrogen (secondary N) is 2. The SMILES string of the molecule is C=CC(=O)Nc1cc(N/C(=C/C(=NC)c2ccc3c(cnn3C)c2)N=C)c(OC)cc1N1CCC(N2CCN(C(C)C)CC2)CC1. The Morgan fingerprint density at radius 1 is 1.07 bits per heavy atom. The first-order chi connectivity index (χ1) is 22.2. The van der Waals surface area contributed by atoms with Crippen molar-refractivity contribution < 1.29 is 9.53 Å². The fourth-order valence-corrected chi connectivity index (χ4v) is 6.46. The molecule has 5 rings (SSSR count). The van der Waals surface area contributed by atoms with Gasteiger partial charge in [-0.3, -0.25) is 24.3 Å². The minimum absolute atomic E-state index is 0.279. The van der Waals surface area contributed by atoms with E-state index in [9.17, 15) is 4.79 Å². The minimum atomic E-state index is -0.279. The quantitative estimate of drug-likeness (QED) is 0.234. The van der Waals surface area contributed by atoms with Gasteiger partial charge in [-0.1, -0.05) is 12.6 Å². The zero-order valence-electron chi connectivity index (χ0n) is 27.8. The van der Waals surface area contributed by atoms with Crippen molar-refractivity contribution in [1.82, 2.24) is 19.6 Å². The van der Waals surface area contributed by atoms with Crippen LogP contribution in [0.2, 0.25) is 0 Å². The number of methoxy groups -OCH3 is 1. The van der Waals surface area contributed by atoms with Crippen LogP contribution in [0.25, 0.3) is 10.9 Å². The summed E-state index contributed by atoms with van der Waals surface area (Å²) in [4.78, 5) is 28.9. The summed E-state index contributed by atoms with van der Waals surface area (Å²) >= 11 is 0. The molecule has 3 aromatic rings. The molecule has 0 unspecified atom stereocenters. The van der Waals surface area contributed by atoms with Gasteiger partial charge in [0.05, 0.1) is 41.6 Å². The number of benzene rings is 2. The summed E-state index contributed by atoms with van der Waals surface area (Å²) in [6, 6.07) is 11.1. The lowest BCUT2D eigenvalue weighted by Crippen LogP contribution is -2.54. The Hall–Kier alpha value is -4.48. The molecule has 2 N–H and O–H groups in total. The highest BCUT2D eigenvalue weighted by Crippen LogP contribution is 2.39. The summed E-state index contributed by atoms with van der Waals surface area (Å²) in [7, 11) is 5.30. The van der Waals surface area contributed by atoms with Crippen LogP contribution in [-0.4, -0.2) is 103 Å². The highest BCUT2D eigenvalue weighted by atomic mass is 16.5. The van der Waals surface area contributed by atoms with E-state index >= 15 is 0 Å². The number of fused-ring (bicyclic) bond motifs is 1. The molecule has 2 aliphatic rings. The van der Waals surface area contributed by atoms with Gasteiger partial charge in [0.15, 0.2) is 0 Å². The Labute approximate surface area is 272 Å². The first kappa shape index (κ1) is 32.9. The fraction of sp³-hybridized carbons (Fsp3) is 0.429. The Morgan fingerprint density at radius 3 is 2.43 bits per heavy atom. The summed E-state index contributed by atoms with van der Waals surface area (Å²) in [5.74, 6) is 0.830. The molecule has 2 fully saturated rings. The van der Waals surface area contributed by atoms with Crippen LogP contribution in [0.1, 0.15) is 32.3 Å². The smallest absolute Gasteiger partial charge is 0.247 e. The van der Waals surface area contributed by atoms with E-state index in [0.717, 1.165) is 80.0 Å². The first-order valence-corrected chi connectivity index (χ1v) is 16.0. The van der Waals surface area contributed by atoms with Crippen LogP contribution in [0.15, 0.2) is 71.1 Å². The number of carbonyl (C=O) groups is 1. The van der Waals surface area contributed by atoms with Gasteiger partial charge in [-0.25, -0.2) is 4.99 Å². The van der Waals surface area contributed by atoms with Crippen molar-refractivity contribution in [2.24, 2.45) is 17.0 Å². The van der Waals surface area contributed by atoms with Gasteiger partial charge >= 0.3 is 0 Å². The molecule has 244 valence electrons. The Balaban J connectivity index is 1.36. The number of anilines is 3. The van der Waals surface area contributed by atoms with Crippen LogP contribution in [-0.2, 0) is 11.8 Å². The van der Waals surface area contributed by atoms with Gasteiger partial charge in [-0.15, -0.1) is 0 Å². The molecule has 0 radical (unpaired) electrons. The highest BCUT2D eigenvalue weighted by molar-refractivity contribution is 6.11. The molecule has 2 saturated heterocycles. The average Bonchev–Trinajstić information content (AvgIpc) is 3.46. The Bertz CT molecular complexity index is 1620. The van der Waals surface area contributed by atoms with Gasteiger partial charge in [0.1, 0.15) is 11.6 Å². The van der Waals surface area contributed by atoms with E-state index in [1.165, 1.54) is 6.08 Å². The molecular weight excluding hydrogens is 578 g/mol. The standard InChI is InChI=1S/C35H47N9O2/c1-8-35(45)40-29-20-30(39-34(37-5)21-28(36-4)25-9-10-31-26(19-25)23-38-41(31)6)33(46-7)22-32(29)44-13-11-27(12-14-44)43-17-15-42(16-18-43)24(2)3/h8-10,19-24,27,39H,1,5,11-18H2,2-4,6-7H3,(H,40,45)/b34-21+,36-28?. The second-order valence-corrected chi connectivity index (χ2v) is 12.1. The van der Waals surface area contributed by atoms with Gasteiger partial charge < -0.3 is 20.3 Å². The van der Waals surface area contributed by atoms with Gasteiger partial charge in [-0.05, 0) is 57.7 Å². The number of amides is 1. The number of ether oxygens (including phenoxy) is 1. The normalized spacial score (nSPS) is 17.4. The first-order valence-electron chi connectivity index (χ1n) is 16.0. The van der Waals surface area contributed by atoms with Crippen LogP contribution < -0.4 is 20.3 Å². The van der Waals surface area contributed by atoms with Gasteiger partial charge in [0.2, 0.25) is 5.91 Å². The Morgan fingerprint density at radius 2 is 1.80 bits per heavy atom. The number of allylic oxidation sites excluding steroid dienone is 1. The van der Waals surface area contributed by atoms with Crippen molar-refractivity contribution in [2.45, 2.75) is 38.8 Å². The summed E-state index contributed by atoms with van der Waals surface area (Å²) in [5, 5.41) is 11.7. The largest absolute Gasteiger partial charge is 0.494 e. The van der Waals surface area contributed by atoms with E-state index < -0.39 is 0 Å². The molecular formula is C35H47N9O2. The van der Waals surface area contributed by atoms with Crippen LogP contribution in [0.4, 0.5) is 17.1 Å². The third-order valence-electron chi connectivity index (χ3n) is 9.15. The zero-order valence-corrected chi connectivity index (χ0v) is 27.8. The van der Waals surface area contributed by atoms with Crippen molar-refractivity contribution in [2.75, 3.05) is 69.0 Å². The fourth-order valence-electron chi connectivity index (χ4n) is 6.46. The number of piperidine rings is 1. The molecule has 2 aromatic carbocycles. The molecule has 0 atom stereocenters. The third kappa shape index (κ3) is 7.32. The molecule has 0 aliphatic carbocycles. The molecule has 46 heavy (non-hydrogen) atoms. The molecule has 1 aromatic heterocycles. The number of aromatic nitrogens is 2. The number of nitrogens with zero attached hydrogens (tertiary/aromatic N) is 7. The molecule has 3 heterocycles. The summed E-state index contributed by atoms with van der Waals surface area (Å²) in [5.41, 5.74) is 4.92. The maximum atomic E-state index is 12.6. The van der Waals surface area contributed by atoms with E-state index in [2.05, 4.69) is 73.6 Å². The highest BCUT2D eigenvalue weighted by Gasteiger charge is 2.29. The van der Waals surface area contributed by atoms with Crippen molar-refractivity contribution >= 4 is 46.3 Å². The van der Waals surface area contributed by atoms with Crippen molar-refractivity contribution in [3.8, 4) is 5.75 Å². The van der Waals surface area contributed by atoms with Crippen LogP contribution in [0.3, 0.4) is 0 Å². The molecule has 11 heteroatoms. The number of aryl methyl sites for hydroxylation is 1. The minimum Gasteiger partial charge on any atom is -0.494 e. The number of hydrogen-bond acceptors (Lipinski definition) is 9. The molecule has 1 amide bonds. The number of piperazine rings is 1. The topological polar surface area (TPSA) is 103 Å². The van der Waals surface area contributed by atoms with Crippen LogP contribution in [0.5, 0.6) is 5.75 Å². The van der Waals surface area contributed by atoms with Crippen LogP contribution >= 0.6 is 0 Å². The monoisotopic (exact) mass is 625 g/mol. The van der Waals surface area contributed by atoms with Crippen molar-refractivity contribution in [3.05, 3.63) is 66.6 Å². The van der Waals surface area contributed by atoms with Gasteiger partial charge in [0, 0.05) is 88.5 Å². The predicted molar refractivity (Wildman–Crippen MR) is 190 cm³/mol. The van der Waals surface area contributed by atoms with Gasteiger partial charge in [0.25, 0.3) is 0 Å². The lowest BCUT2D eigenvalue weighted by atomic mass is 10.0. The lowest BCUT2D eigenvalue weighted by molar-refractivity contribution is -0.111. The van der Waals surface area contributed by atoms with E-state index in [1.807, 2.05) is 48.3 Å². The van der Waals surface area contributed by atoms with E-state index in [1.54, 1.807) is 14.2 Å². The summed E-state index contributed by atoms with van der Waals surface area (Å²) in [6.45, 7) is 18.3. The summed E-state index contributed by atoms with van der Waals surface area (Å²) in [6.07, 6.45) is 7.09. The molecule has 0 spiro atoms. The third-order valence-corrected chi connectivity index (χ3v) is 9.15. The number of rotatable bonds is 11. The lowest BCUT2D eigenvalue weighted by Gasteiger charge is -2.44. The molecule has 11 nitrogen and oxygen atoms in total. The molecule has 0 saturated carbocycles. The summed E-state index contributed by atoms with van der Waals surface area (Å²) < 4.78 is 7.70. The maximum absolute atomic E-state index is 12.6. The number of hydrogen-bond donors (Lipinski definition) is 2. The second-order valence-electron chi connectivity index (χ2n) is 12.1. The van der Waals surface area contributed by atoms with Crippen molar-refractivity contribution in [1.29, 1.82) is 0 Å². The maximum Gasteiger partial charge on any atom is 0.247 e. The predicted octanol–water partition coefficient (Wildman–Crippen LogP) is 4.77. The molecule has 0 bridgehead atoms. The van der Waals surface area contributed by atoms with Crippen molar-refractivity contribution in [3.63, 3.8) is 0 Å². The molecule has 2 aliphatic heterocycles. The number of aliphatic imine (C=N–C) groups is 2. The van der Waals surface area contributed by atoms with E-state index in [4.69, 9.17) is 4.74 Å². The second kappa shape index (κ2) is 14.7. The zero-order chi connectivity index (χ0) is 32.8. The van der Waals surface area contributed by atoms with E-state index in [0.29, 0.717) is 35.0 Å². The van der Waals surface area contributed by atoms with E-state index in [-0.39, 0.29) is 5.91 Å². The Kier molecular flexibility index (Phi) is 10.5.